The van der Waals surface area contributed by atoms with E-state index in [2.05, 4.69) is 0 Å². The molecule has 16 heavy (non-hydrogen) atoms. The van der Waals surface area contributed by atoms with Crippen molar-refractivity contribution in [2.24, 2.45) is 0 Å². The highest BCUT2D eigenvalue weighted by molar-refractivity contribution is 5.81. The topological polar surface area (TPSA) is 49.8 Å². The summed E-state index contributed by atoms with van der Waals surface area (Å²) in [4.78, 5) is 13.9. The van der Waals surface area contributed by atoms with Crippen LogP contribution in [0.3, 0.4) is 0 Å². The lowest BCUT2D eigenvalue weighted by Gasteiger charge is -2.24. The van der Waals surface area contributed by atoms with E-state index in [0.717, 1.165) is 32.2 Å². The minimum Gasteiger partial charge on any atom is -0.390 e. The van der Waals surface area contributed by atoms with Crippen LogP contribution in [0.5, 0.6) is 0 Å². The van der Waals surface area contributed by atoms with Gasteiger partial charge in [-0.2, -0.15) is 0 Å². The smallest absolute Gasteiger partial charge is 0.251 e. The number of carbonyl (C=O) groups excluding carboxylic acids is 1. The van der Waals surface area contributed by atoms with Gasteiger partial charge in [-0.15, -0.1) is 0 Å². The van der Waals surface area contributed by atoms with Crippen molar-refractivity contribution < 1.29 is 14.6 Å². The van der Waals surface area contributed by atoms with Crippen molar-refractivity contribution in [1.29, 1.82) is 0 Å². The van der Waals surface area contributed by atoms with Gasteiger partial charge in [-0.25, -0.2) is 0 Å². The predicted octanol–water partition coefficient (Wildman–Crippen LogP) is 0.929. The van der Waals surface area contributed by atoms with Crippen molar-refractivity contribution in [3.05, 3.63) is 0 Å². The minimum atomic E-state index is -0.606. The summed E-state index contributed by atoms with van der Waals surface area (Å²) < 4.78 is 5.41. The van der Waals surface area contributed by atoms with Gasteiger partial charge in [0, 0.05) is 19.7 Å². The van der Waals surface area contributed by atoms with Gasteiger partial charge in [0.05, 0.1) is 5.60 Å². The zero-order chi connectivity index (χ0) is 11.6. The van der Waals surface area contributed by atoms with Gasteiger partial charge in [0.25, 0.3) is 5.91 Å². The van der Waals surface area contributed by atoms with E-state index in [1.807, 2.05) is 11.8 Å². The quantitative estimate of drug-likeness (QED) is 0.725. The molecule has 0 aromatic heterocycles. The lowest BCUT2D eigenvalue weighted by Crippen LogP contribution is -2.40. The summed E-state index contributed by atoms with van der Waals surface area (Å²) in [6, 6.07) is 0. The zero-order valence-corrected chi connectivity index (χ0v) is 9.95. The largest absolute Gasteiger partial charge is 0.390 e. The summed E-state index contributed by atoms with van der Waals surface area (Å²) in [5.74, 6) is 0.121. The van der Waals surface area contributed by atoms with Crippen LogP contribution in [0.25, 0.3) is 0 Å². The molecule has 0 bridgehead atoms. The lowest BCUT2D eigenvalue weighted by molar-refractivity contribution is -0.141. The fraction of sp³-hybridized carbons (Fsp3) is 0.917. The van der Waals surface area contributed by atoms with Crippen molar-refractivity contribution in [2.45, 2.75) is 50.7 Å². The van der Waals surface area contributed by atoms with Crippen LogP contribution < -0.4 is 0 Å². The van der Waals surface area contributed by atoms with Crippen molar-refractivity contribution in [3.8, 4) is 0 Å². The van der Waals surface area contributed by atoms with Crippen LogP contribution >= 0.6 is 0 Å². The van der Waals surface area contributed by atoms with Gasteiger partial charge in [-0.05, 0) is 39.0 Å². The second-order valence-corrected chi connectivity index (χ2v) is 5.18. The van der Waals surface area contributed by atoms with Crippen molar-refractivity contribution in [1.82, 2.24) is 4.90 Å². The van der Waals surface area contributed by atoms with E-state index < -0.39 is 5.60 Å². The normalized spacial score (nSPS) is 36.1. The van der Waals surface area contributed by atoms with Crippen LogP contribution in [0.2, 0.25) is 0 Å². The molecule has 0 spiro atoms. The van der Waals surface area contributed by atoms with E-state index in [-0.39, 0.29) is 12.0 Å². The first-order valence-electron chi connectivity index (χ1n) is 6.21. The Bertz CT molecular complexity index is 259. The molecule has 1 N–H and O–H groups in total. The molecule has 2 atom stereocenters. The van der Waals surface area contributed by atoms with Crippen LogP contribution in [0.15, 0.2) is 0 Å². The minimum absolute atomic E-state index is 0.121. The number of ether oxygens (including phenoxy) is 1. The second kappa shape index (κ2) is 4.72. The molecule has 2 heterocycles. The van der Waals surface area contributed by atoms with Gasteiger partial charge in [-0.1, -0.05) is 0 Å². The molecule has 0 aliphatic carbocycles. The SMILES string of the molecule is CC1(O)CCCN(C(=O)[C@H]2CCCO2)CC1. The van der Waals surface area contributed by atoms with Crippen LogP contribution in [-0.4, -0.2) is 47.3 Å². The number of aliphatic hydroxyl groups is 1. The van der Waals surface area contributed by atoms with Crippen molar-refractivity contribution in [2.75, 3.05) is 19.7 Å². The van der Waals surface area contributed by atoms with Crippen LogP contribution in [0, 0.1) is 0 Å². The molecule has 2 fully saturated rings. The molecule has 2 rings (SSSR count). The van der Waals surface area contributed by atoms with Crippen LogP contribution in [0.4, 0.5) is 0 Å². The average Bonchev–Trinajstić information content (AvgIpc) is 2.69. The number of nitrogens with zero attached hydrogens (tertiary/aromatic N) is 1. The molecule has 2 aliphatic heterocycles. The van der Waals surface area contributed by atoms with E-state index in [1.165, 1.54) is 0 Å². The lowest BCUT2D eigenvalue weighted by atomic mass is 9.98. The number of amides is 1. The van der Waals surface area contributed by atoms with E-state index in [0.29, 0.717) is 19.6 Å². The molecule has 4 heteroatoms. The van der Waals surface area contributed by atoms with Crippen LogP contribution in [-0.2, 0) is 9.53 Å². The molecule has 0 aromatic rings. The number of hydrogen-bond acceptors (Lipinski definition) is 3. The van der Waals surface area contributed by atoms with Gasteiger partial charge in [0.2, 0.25) is 0 Å². The maximum Gasteiger partial charge on any atom is 0.251 e. The molecule has 1 amide bonds. The fourth-order valence-electron chi connectivity index (χ4n) is 2.46. The van der Waals surface area contributed by atoms with Gasteiger partial charge < -0.3 is 14.7 Å². The molecule has 4 nitrogen and oxygen atoms in total. The molecule has 0 aromatic carbocycles. The third-order valence-electron chi connectivity index (χ3n) is 3.58. The number of carbonyl (C=O) groups is 1. The molecule has 0 saturated carbocycles. The van der Waals surface area contributed by atoms with Gasteiger partial charge >= 0.3 is 0 Å². The van der Waals surface area contributed by atoms with E-state index in [4.69, 9.17) is 4.74 Å². The molecule has 0 radical (unpaired) electrons. The number of hydrogen-bond donors (Lipinski definition) is 1. The molecular formula is C12H21NO3. The number of likely N-dealkylation sites (tertiary alicyclic amines) is 1. The molecule has 2 saturated heterocycles. The van der Waals surface area contributed by atoms with Gasteiger partial charge in [0.15, 0.2) is 0 Å². The monoisotopic (exact) mass is 227 g/mol. The maximum absolute atomic E-state index is 12.1. The summed E-state index contributed by atoms with van der Waals surface area (Å²) >= 11 is 0. The Morgan fingerprint density at radius 1 is 1.38 bits per heavy atom. The second-order valence-electron chi connectivity index (χ2n) is 5.18. The highest BCUT2D eigenvalue weighted by Crippen LogP contribution is 2.23. The van der Waals surface area contributed by atoms with Crippen molar-refractivity contribution in [3.63, 3.8) is 0 Å². The Hall–Kier alpha value is -0.610. The van der Waals surface area contributed by atoms with E-state index >= 15 is 0 Å². The molecular weight excluding hydrogens is 206 g/mol. The summed E-state index contributed by atoms with van der Waals surface area (Å²) in [5, 5.41) is 9.95. The van der Waals surface area contributed by atoms with E-state index in [9.17, 15) is 9.90 Å². The Kier molecular flexibility index (Phi) is 3.50. The summed E-state index contributed by atoms with van der Waals surface area (Å²) in [6.07, 6.45) is 3.95. The van der Waals surface area contributed by atoms with E-state index in [1.54, 1.807) is 0 Å². The highest BCUT2D eigenvalue weighted by Gasteiger charge is 2.32. The van der Waals surface area contributed by atoms with Crippen molar-refractivity contribution >= 4 is 5.91 Å². The van der Waals surface area contributed by atoms with Gasteiger partial charge in [-0.3, -0.25) is 4.79 Å². The Morgan fingerprint density at radius 2 is 2.19 bits per heavy atom. The zero-order valence-electron chi connectivity index (χ0n) is 9.95. The average molecular weight is 227 g/mol. The Morgan fingerprint density at radius 3 is 2.88 bits per heavy atom. The first-order valence-corrected chi connectivity index (χ1v) is 6.21. The summed E-state index contributed by atoms with van der Waals surface area (Å²) in [5.41, 5.74) is -0.606. The number of rotatable bonds is 1. The summed E-state index contributed by atoms with van der Waals surface area (Å²) in [7, 11) is 0. The first-order chi connectivity index (χ1) is 7.58. The Labute approximate surface area is 96.6 Å². The molecule has 2 aliphatic rings. The maximum atomic E-state index is 12.1. The molecule has 1 unspecified atom stereocenters. The van der Waals surface area contributed by atoms with Crippen LogP contribution in [0.1, 0.15) is 39.0 Å². The van der Waals surface area contributed by atoms with Gasteiger partial charge in [0.1, 0.15) is 6.10 Å². The standard InChI is InChI=1S/C12H21NO3/c1-12(15)5-3-7-13(8-6-12)11(14)10-4-2-9-16-10/h10,15H,2-9H2,1H3/t10-,12?/m1/s1. The predicted molar refractivity (Wildman–Crippen MR) is 60.0 cm³/mol. The molecule has 92 valence electrons. The fourth-order valence-corrected chi connectivity index (χ4v) is 2.46. The first kappa shape index (κ1) is 11.9. The third-order valence-corrected chi connectivity index (χ3v) is 3.58. The summed E-state index contributed by atoms with van der Waals surface area (Å²) in [6.45, 7) is 3.98. The highest BCUT2D eigenvalue weighted by atomic mass is 16.5. The third kappa shape index (κ3) is 2.74. The Balaban J connectivity index is 1.91.